The second-order valence-corrected chi connectivity index (χ2v) is 7.15. The van der Waals surface area contributed by atoms with Gasteiger partial charge in [-0.3, -0.25) is 0 Å². The molecule has 2 rings (SSSR count). The highest BCUT2D eigenvalue weighted by Gasteiger charge is 2.18. The highest BCUT2D eigenvalue weighted by molar-refractivity contribution is 5.62. The SMILES string of the molecule is Cc1cc(C)c(N2C=CN(CCNC(C)(C)C)C2)c(C)c1. The average Bonchev–Trinajstić information content (AvgIpc) is 2.74. The summed E-state index contributed by atoms with van der Waals surface area (Å²) in [7, 11) is 0. The highest BCUT2D eigenvalue weighted by atomic mass is 15.3. The summed E-state index contributed by atoms with van der Waals surface area (Å²) >= 11 is 0. The molecule has 1 heterocycles. The average molecular weight is 287 g/mol. The van der Waals surface area contributed by atoms with E-state index in [1.807, 2.05) is 0 Å². The molecule has 0 saturated carbocycles. The predicted molar refractivity (Wildman–Crippen MR) is 91.6 cm³/mol. The molecule has 0 spiro atoms. The Balaban J connectivity index is 1.96. The molecular formula is C18H29N3. The molecule has 0 aromatic heterocycles. The van der Waals surface area contributed by atoms with Crippen molar-refractivity contribution >= 4 is 5.69 Å². The molecule has 0 amide bonds. The van der Waals surface area contributed by atoms with Gasteiger partial charge >= 0.3 is 0 Å². The summed E-state index contributed by atoms with van der Waals surface area (Å²) in [6.45, 7) is 16.2. The standard InChI is InChI=1S/C18H29N3/c1-14-11-15(2)17(16(3)12-14)21-10-9-20(13-21)8-7-19-18(4,5)6/h9-12,19H,7-8,13H2,1-6H3. The summed E-state index contributed by atoms with van der Waals surface area (Å²) in [6.07, 6.45) is 4.39. The maximum atomic E-state index is 3.54. The van der Waals surface area contributed by atoms with Crippen LogP contribution in [0.1, 0.15) is 37.5 Å². The zero-order valence-electron chi connectivity index (χ0n) is 14.3. The van der Waals surface area contributed by atoms with E-state index < -0.39 is 0 Å². The number of hydrogen-bond donors (Lipinski definition) is 1. The van der Waals surface area contributed by atoms with Crippen molar-refractivity contribution in [1.82, 2.24) is 10.2 Å². The zero-order valence-corrected chi connectivity index (χ0v) is 14.3. The first kappa shape index (κ1) is 15.9. The minimum absolute atomic E-state index is 0.188. The van der Waals surface area contributed by atoms with Crippen LogP contribution >= 0.6 is 0 Å². The molecule has 116 valence electrons. The Hall–Kier alpha value is -1.48. The fourth-order valence-corrected chi connectivity index (χ4v) is 2.96. The van der Waals surface area contributed by atoms with Gasteiger partial charge in [0, 0.05) is 36.7 Å². The van der Waals surface area contributed by atoms with Crippen LogP contribution in [0.25, 0.3) is 0 Å². The van der Waals surface area contributed by atoms with E-state index in [4.69, 9.17) is 0 Å². The lowest BCUT2D eigenvalue weighted by Gasteiger charge is -2.26. The Labute approximate surface area is 129 Å². The molecule has 0 fully saturated rings. The summed E-state index contributed by atoms with van der Waals surface area (Å²) in [5.41, 5.74) is 5.58. The van der Waals surface area contributed by atoms with Crippen molar-refractivity contribution in [3.63, 3.8) is 0 Å². The van der Waals surface area contributed by atoms with Crippen LogP contribution < -0.4 is 10.2 Å². The molecule has 3 heteroatoms. The Morgan fingerprint density at radius 1 is 1.05 bits per heavy atom. The third kappa shape index (κ3) is 4.24. The summed E-state index contributed by atoms with van der Waals surface area (Å²) in [6, 6.07) is 4.53. The van der Waals surface area contributed by atoms with Gasteiger partial charge in [-0.25, -0.2) is 0 Å². The molecule has 3 nitrogen and oxygen atoms in total. The first-order valence-electron chi connectivity index (χ1n) is 7.78. The summed E-state index contributed by atoms with van der Waals surface area (Å²) in [4.78, 5) is 4.71. The smallest absolute Gasteiger partial charge is 0.0942 e. The van der Waals surface area contributed by atoms with Crippen LogP contribution in [0, 0.1) is 20.8 Å². The summed E-state index contributed by atoms with van der Waals surface area (Å²) < 4.78 is 0. The number of anilines is 1. The lowest BCUT2D eigenvalue weighted by molar-refractivity contribution is 0.354. The van der Waals surface area contributed by atoms with E-state index in [9.17, 15) is 0 Å². The first-order chi connectivity index (χ1) is 9.76. The Kier molecular flexibility index (Phi) is 4.62. The molecule has 1 aliphatic heterocycles. The number of hydrogen-bond acceptors (Lipinski definition) is 3. The second kappa shape index (κ2) is 6.10. The zero-order chi connectivity index (χ0) is 15.6. The number of nitrogens with zero attached hydrogens (tertiary/aromatic N) is 2. The minimum Gasteiger partial charge on any atom is -0.357 e. The molecular weight excluding hydrogens is 258 g/mol. The molecule has 0 atom stereocenters. The topological polar surface area (TPSA) is 18.5 Å². The molecule has 0 radical (unpaired) electrons. The monoisotopic (exact) mass is 287 g/mol. The van der Waals surface area contributed by atoms with Crippen LogP contribution in [0.2, 0.25) is 0 Å². The van der Waals surface area contributed by atoms with Crippen LogP contribution in [0.3, 0.4) is 0 Å². The number of benzene rings is 1. The van der Waals surface area contributed by atoms with E-state index in [1.54, 1.807) is 0 Å². The normalized spacial score (nSPS) is 15.1. The van der Waals surface area contributed by atoms with Gasteiger partial charge in [0.15, 0.2) is 0 Å². The molecule has 0 saturated heterocycles. The maximum absolute atomic E-state index is 3.54. The lowest BCUT2D eigenvalue weighted by Crippen LogP contribution is -2.40. The van der Waals surface area contributed by atoms with Gasteiger partial charge in [0.2, 0.25) is 0 Å². The van der Waals surface area contributed by atoms with E-state index in [2.05, 4.69) is 81.2 Å². The Bertz CT molecular complexity index is 503. The Morgan fingerprint density at radius 2 is 1.67 bits per heavy atom. The van der Waals surface area contributed by atoms with Crippen molar-refractivity contribution in [3.8, 4) is 0 Å². The number of rotatable bonds is 4. The van der Waals surface area contributed by atoms with E-state index in [0.29, 0.717) is 0 Å². The Morgan fingerprint density at radius 3 is 2.24 bits per heavy atom. The fourth-order valence-electron chi connectivity index (χ4n) is 2.96. The third-order valence-electron chi connectivity index (χ3n) is 3.77. The van der Waals surface area contributed by atoms with Crippen LogP contribution in [0.15, 0.2) is 24.5 Å². The van der Waals surface area contributed by atoms with Crippen molar-refractivity contribution in [3.05, 3.63) is 41.2 Å². The van der Waals surface area contributed by atoms with E-state index in [1.165, 1.54) is 22.4 Å². The fraction of sp³-hybridized carbons (Fsp3) is 0.556. The van der Waals surface area contributed by atoms with Crippen molar-refractivity contribution < 1.29 is 0 Å². The van der Waals surface area contributed by atoms with Crippen LogP contribution in [-0.2, 0) is 0 Å². The highest BCUT2D eigenvalue weighted by Crippen LogP contribution is 2.28. The van der Waals surface area contributed by atoms with Gasteiger partial charge in [-0.1, -0.05) is 17.7 Å². The van der Waals surface area contributed by atoms with E-state index in [-0.39, 0.29) is 5.54 Å². The maximum Gasteiger partial charge on any atom is 0.0942 e. The van der Waals surface area contributed by atoms with Gasteiger partial charge < -0.3 is 15.1 Å². The molecule has 1 aromatic carbocycles. The van der Waals surface area contributed by atoms with Gasteiger partial charge in [-0.05, 0) is 52.7 Å². The van der Waals surface area contributed by atoms with Gasteiger partial charge in [-0.15, -0.1) is 0 Å². The van der Waals surface area contributed by atoms with E-state index in [0.717, 1.165) is 19.8 Å². The molecule has 1 aromatic rings. The third-order valence-corrected chi connectivity index (χ3v) is 3.77. The van der Waals surface area contributed by atoms with Crippen LogP contribution in [-0.4, -0.2) is 30.2 Å². The van der Waals surface area contributed by atoms with Gasteiger partial charge in [0.1, 0.15) is 0 Å². The van der Waals surface area contributed by atoms with E-state index >= 15 is 0 Å². The molecule has 1 N–H and O–H groups in total. The quantitative estimate of drug-likeness (QED) is 0.913. The largest absolute Gasteiger partial charge is 0.357 e. The molecule has 0 unspecified atom stereocenters. The molecule has 21 heavy (non-hydrogen) atoms. The van der Waals surface area contributed by atoms with Crippen LogP contribution in [0.4, 0.5) is 5.69 Å². The van der Waals surface area contributed by atoms with Crippen molar-refractivity contribution in [2.75, 3.05) is 24.7 Å². The predicted octanol–water partition coefficient (Wildman–Crippen LogP) is 3.55. The van der Waals surface area contributed by atoms with Crippen molar-refractivity contribution in [2.24, 2.45) is 0 Å². The lowest BCUT2D eigenvalue weighted by atomic mass is 10.0. The van der Waals surface area contributed by atoms with Crippen LogP contribution in [0.5, 0.6) is 0 Å². The van der Waals surface area contributed by atoms with Crippen molar-refractivity contribution in [2.45, 2.75) is 47.1 Å². The number of nitrogens with one attached hydrogen (secondary N) is 1. The molecule has 0 bridgehead atoms. The van der Waals surface area contributed by atoms with Gasteiger partial charge in [0.25, 0.3) is 0 Å². The van der Waals surface area contributed by atoms with Gasteiger partial charge in [-0.2, -0.15) is 0 Å². The number of aryl methyl sites for hydroxylation is 3. The first-order valence-corrected chi connectivity index (χ1v) is 7.78. The molecule has 0 aliphatic carbocycles. The summed E-state index contributed by atoms with van der Waals surface area (Å²) in [5, 5.41) is 3.54. The summed E-state index contributed by atoms with van der Waals surface area (Å²) in [5.74, 6) is 0. The molecule has 1 aliphatic rings. The second-order valence-electron chi connectivity index (χ2n) is 7.15. The van der Waals surface area contributed by atoms with Crippen molar-refractivity contribution in [1.29, 1.82) is 0 Å². The minimum atomic E-state index is 0.188. The van der Waals surface area contributed by atoms with Gasteiger partial charge in [0.05, 0.1) is 6.67 Å².